The van der Waals surface area contributed by atoms with Gasteiger partial charge in [0.2, 0.25) is 0 Å². The number of aromatic nitrogens is 2. The van der Waals surface area contributed by atoms with Gasteiger partial charge in [-0.2, -0.15) is 0 Å². The van der Waals surface area contributed by atoms with Gasteiger partial charge in [-0.3, -0.25) is 4.90 Å². The molecule has 0 aliphatic carbocycles. The summed E-state index contributed by atoms with van der Waals surface area (Å²) in [6, 6.07) is 0.346. The highest BCUT2D eigenvalue weighted by molar-refractivity contribution is 6.35. The molecule has 1 aliphatic heterocycles. The number of β-amino-alcohol motifs (C(OH)–C–C–N with tert-alkyl or cyclic N) is 1. The summed E-state index contributed by atoms with van der Waals surface area (Å²) in [5.74, 6) is 1.01. The van der Waals surface area contributed by atoms with Crippen LogP contribution in [0.2, 0.25) is 5.02 Å². The Morgan fingerprint density at radius 3 is 2.94 bits per heavy atom. The number of hydrogen-bond acceptors (Lipinski definition) is 6. The van der Waals surface area contributed by atoms with E-state index >= 15 is 0 Å². The van der Waals surface area contributed by atoms with E-state index in [1.807, 2.05) is 0 Å². The van der Waals surface area contributed by atoms with Crippen molar-refractivity contribution in [3.05, 3.63) is 11.3 Å². The molecule has 2 heterocycles. The molecule has 2 rings (SSSR count). The van der Waals surface area contributed by atoms with Crippen LogP contribution in [0.5, 0.6) is 0 Å². The zero-order valence-electron chi connectivity index (χ0n) is 10.4. The van der Waals surface area contributed by atoms with Crippen LogP contribution in [0.25, 0.3) is 0 Å². The maximum atomic E-state index is 8.99. The number of halogens is 1. The summed E-state index contributed by atoms with van der Waals surface area (Å²) in [7, 11) is 0. The van der Waals surface area contributed by atoms with E-state index in [2.05, 4.69) is 26.7 Å². The molecule has 3 N–H and O–H groups in total. The Hall–Kier alpha value is -1.11. The summed E-state index contributed by atoms with van der Waals surface area (Å²) in [6.07, 6.45) is 1.43. The lowest BCUT2D eigenvalue weighted by Crippen LogP contribution is -2.53. The van der Waals surface area contributed by atoms with E-state index in [0.29, 0.717) is 29.2 Å². The van der Waals surface area contributed by atoms with Crippen molar-refractivity contribution in [1.82, 2.24) is 14.9 Å². The van der Waals surface area contributed by atoms with E-state index in [0.717, 1.165) is 19.6 Å². The number of nitrogens with two attached hydrogens (primary N) is 1. The topological polar surface area (TPSA) is 78.5 Å². The molecule has 6 nitrogen and oxygen atoms in total. The van der Waals surface area contributed by atoms with Gasteiger partial charge in [-0.15, -0.1) is 0 Å². The molecule has 18 heavy (non-hydrogen) atoms. The largest absolute Gasteiger partial charge is 0.395 e. The molecule has 1 aromatic rings. The molecule has 1 unspecified atom stereocenters. The molecule has 0 spiro atoms. The first-order valence-corrected chi connectivity index (χ1v) is 6.37. The lowest BCUT2D eigenvalue weighted by Gasteiger charge is -2.40. The predicted molar refractivity (Wildman–Crippen MR) is 71.8 cm³/mol. The van der Waals surface area contributed by atoms with Gasteiger partial charge in [0, 0.05) is 32.2 Å². The van der Waals surface area contributed by atoms with Crippen LogP contribution in [0.15, 0.2) is 6.33 Å². The molecular formula is C11H18ClN5O. The Labute approximate surface area is 111 Å². The van der Waals surface area contributed by atoms with Crippen LogP contribution >= 0.6 is 11.6 Å². The average molecular weight is 272 g/mol. The Bertz CT molecular complexity index is 416. The van der Waals surface area contributed by atoms with Crippen molar-refractivity contribution < 1.29 is 5.11 Å². The summed E-state index contributed by atoms with van der Waals surface area (Å²) >= 11 is 6.13. The molecule has 7 heteroatoms. The second kappa shape index (κ2) is 5.69. The molecule has 1 fully saturated rings. The summed E-state index contributed by atoms with van der Waals surface area (Å²) in [6.45, 7) is 5.53. The molecule has 1 saturated heterocycles. The maximum Gasteiger partial charge on any atom is 0.153 e. The lowest BCUT2D eigenvalue weighted by molar-refractivity contribution is 0.146. The normalized spacial score (nSPS) is 21.3. The fourth-order valence-electron chi connectivity index (χ4n) is 2.24. The van der Waals surface area contributed by atoms with Crippen LogP contribution in [0.4, 0.5) is 11.6 Å². The smallest absolute Gasteiger partial charge is 0.153 e. The maximum absolute atomic E-state index is 8.99. The SMILES string of the molecule is CC1CN(c2ncnc(N)c2Cl)CCN1CCO. The van der Waals surface area contributed by atoms with Crippen LogP contribution in [-0.2, 0) is 0 Å². The Morgan fingerprint density at radius 1 is 1.50 bits per heavy atom. The summed E-state index contributed by atoms with van der Waals surface area (Å²) < 4.78 is 0. The van der Waals surface area contributed by atoms with Crippen molar-refractivity contribution in [2.75, 3.05) is 43.4 Å². The highest BCUT2D eigenvalue weighted by Crippen LogP contribution is 2.28. The molecule has 0 saturated carbocycles. The summed E-state index contributed by atoms with van der Waals surface area (Å²) in [5.41, 5.74) is 5.68. The number of rotatable bonds is 3. The molecule has 100 valence electrons. The molecule has 0 radical (unpaired) electrons. The van der Waals surface area contributed by atoms with Crippen LogP contribution in [0.3, 0.4) is 0 Å². The Balaban J connectivity index is 2.10. The van der Waals surface area contributed by atoms with Crippen molar-refractivity contribution >= 4 is 23.2 Å². The number of piperazine rings is 1. The average Bonchev–Trinajstić information content (AvgIpc) is 2.35. The van der Waals surface area contributed by atoms with Crippen molar-refractivity contribution in [1.29, 1.82) is 0 Å². The third kappa shape index (κ3) is 2.66. The number of aliphatic hydroxyl groups excluding tert-OH is 1. The molecule has 0 aromatic carbocycles. The second-order valence-electron chi connectivity index (χ2n) is 4.45. The number of hydrogen-bond donors (Lipinski definition) is 2. The second-order valence-corrected chi connectivity index (χ2v) is 4.83. The lowest BCUT2D eigenvalue weighted by atomic mass is 10.2. The number of nitrogen functional groups attached to an aromatic ring is 1. The Kier molecular flexibility index (Phi) is 4.21. The van der Waals surface area contributed by atoms with Crippen LogP contribution in [0, 0.1) is 0 Å². The van der Waals surface area contributed by atoms with Crippen LogP contribution in [-0.4, -0.2) is 58.8 Å². The van der Waals surface area contributed by atoms with Gasteiger partial charge in [0.05, 0.1) is 6.61 Å². The fraction of sp³-hybridized carbons (Fsp3) is 0.636. The summed E-state index contributed by atoms with van der Waals surface area (Å²) in [4.78, 5) is 12.4. The minimum atomic E-state index is 0.186. The minimum Gasteiger partial charge on any atom is -0.395 e. The van der Waals surface area contributed by atoms with Gasteiger partial charge in [-0.25, -0.2) is 9.97 Å². The standard InChI is InChI=1S/C11H18ClN5O/c1-8-6-17(3-2-16(8)4-5-18)11-9(12)10(13)14-7-15-11/h7-8,18H,2-6H2,1H3,(H2,13,14,15). The van der Waals surface area contributed by atoms with Crippen molar-refractivity contribution in [3.8, 4) is 0 Å². The number of anilines is 2. The van der Waals surface area contributed by atoms with Gasteiger partial charge in [0.1, 0.15) is 17.2 Å². The van der Waals surface area contributed by atoms with E-state index < -0.39 is 0 Å². The zero-order valence-corrected chi connectivity index (χ0v) is 11.1. The molecular weight excluding hydrogens is 254 g/mol. The quantitative estimate of drug-likeness (QED) is 0.819. The van der Waals surface area contributed by atoms with Crippen LogP contribution < -0.4 is 10.6 Å². The number of nitrogens with zero attached hydrogens (tertiary/aromatic N) is 4. The monoisotopic (exact) mass is 271 g/mol. The van der Waals surface area contributed by atoms with Crippen LogP contribution in [0.1, 0.15) is 6.92 Å². The van der Waals surface area contributed by atoms with E-state index in [4.69, 9.17) is 22.4 Å². The van der Waals surface area contributed by atoms with E-state index in [1.54, 1.807) is 0 Å². The number of aliphatic hydroxyl groups is 1. The van der Waals surface area contributed by atoms with E-state index in [-0.39, 0.29) is 6.61 Å². The van der Waals surface area contributed by atoms with Gasteiger partial charge in [-0.05, 0) is 6.92 Å². The van der Waals surface area contributed by atoms with E-state index in [1.165, 1.54) is 6.33 Å². The predicted octanol–water partition coefficient (Wildman–Crippen LogP) is 0.215. The zero-order chi connectivity index (χ0) is 13.1. The molecule has 1 aromatic heterocycles. The third-order valence-electron chi connectivity index (χ3n) is 3.25. The fourth-order valence-corrected chi connectivity index (χ4v) is 2.46. The highest BCUT2D eigenvalue weighted by Gasteiger charge is 2.25. The van der Waals surface area contributed by atoms with Gasteiger partial charge < -0.3 is 15.7 Å². The first kappa shape index (κ1) is 13.3. The molecule has 1 aliphatic rings. The van der Waals surface area contributed by atoms with Gasteiger partial charge in [0.15, 0.2) is 5.82 Å². The first-order valence-electron chi connectivity index (χ1n) is 5.99. The Morgan fingerprint density at radius 2 is 2.28 bits per heavy atom. The first-order chi connectivity index (χ1) is 8.63. The highest BCUT2D eigenvalue weighted by atomic mass is 35.5. The molecule has 1 atom stereocenters. The van der Waals surface area contributed by atoms with Gasteiger partial charge >= 0.3 is 0 Å². The van der Waals surface area contributed by atoms with E-state index in [9.17, 15) is 0 Å². The van der Waals surface area contributed by atoms with Gasteiger partial charge in [-0.1, -0.05) is 11.6 Å². The third-order valence-corrected chi connectivity index (χ3v) is 3.61. The van der Waals surface area contributed by atoms with Crippen molar-refractivity contribution in [2.45, 2.75) is 13.0 Å². The van der Waals surface area contributed by atoms with Crippen molar-refractivity contribution in [2.24, 2.45) is 0 Å². The molecule has 0 bridgehead atoms. The van der Waals surface area contributed by atoms with Crippen molar-refractivity contribution in [3.63, 3.8) is 0 Å². The minimum absolute atomic E-state index is 0.186. The van der Waals surface area contributed by atoms with Gasteiger partial charge in [0.25, 0.3) is 0 Å². The molecule has 0 amide bonds. The summed E-state index contributed by atoms with van der Waals surface area (Å²) in [5, 5.41) is 9.40.